The molecule has 8 nitrogen and oxygen atoms in total. The van der Waals surface area contributed by atoms with E-state index in [1.807, 2.05) is 0 Å². The molecule has 0 aliphatic carbocycles. The number of ether oxygens (including phenoxy) is 1. The molecule has 0 unspecified atom stereocenters. The fraction of sp³-hybridized carbons (Fsp3) is 0.250. The van der Waals surface area contributed by atoms with Gasteiger partial charge in [0.05, 0.1) is 16.5 Å². The molecule has 1 rings (SSSR count). The lowest BCUT2D eigenvalue weighted by molar-refractivity contribution is -0.422. The van der Waals surface area contributed by atoms with Crippen LogP contribution in [0, 0.1) is 20.2 Å². The molecule has 1 aromatic carbocycles. The first-order valence-electron chi connectivity index (χ1n) is 5.66. The van der Waals surface area contributed by atoms with Crippen LogP contribution in [0.15, 0.2) is 30.9 Å². The van der Waals surface area contributed by atoms with Gasteiger partial charge in [0.15, 0.2) is 0 Å². The summed E-state index contributed by atoms with van der Waals surface area (Å²) in [5, 5.41) is 21.4. The lowest BCUT2D eigenvalue weighted by atomic mass is 10.1. The molecular formula is C12H12N2O6. The highest BCUT2D eigenvalue weighted by Crippen LogP contribution is 2.27. The summed E-state index contributed by atoms with van der Waals surface area (Å²) in [7, 11) is 0. The van der Waals surface area contributed by atoms with E-state index in [4.69, 9.17) is 4.74 Å². The number of carbonyl (C=O) groups is 1. The molecule has 0 amide bonds. The SMILES string of the molecule is C=CC(=O)OCCCc1ccc([N+](=O)[O-])c([N+](=O)[O-])c1. The quantitative estimate of drug-likeness (QED) is 0.248. The van der Waals surface area contributed by atoms with Crippen LogP contribution in [-0.2, 0) is 16.0 Å². The van der Waals surface area contributed by atoms with E-state index in [2.05, 4.69) is 6.58 Å². The van der Waals surface area contributed by atoms with E-state index < -0.39 is 27.2 Å². The molecular weight excluding hydrogens is 268 g/mol. The molecule has 0 aromatic heterocycles. The Kier molecular flexibility index (Phi) is 5.33. The number of hydrogen-bond acceptors (Lipinski definition) is 6. The molecule has 0 saturated carbocycles. The second-order valence-electron chi connectivity index (χ2n) is 3.81. The van der Waals surface area contributed by atoms with Crippen molar-refractivity contribution in [3.05, 3.63) is 56.6 Å². The minimum Gasteiger partial charge on any atom is -0.463 e. The van der Waals surface area contributed by atoms with E-state index in [9.17, 15) is 25.0 Å². The molecule has 20 heavy (non-hydrogen) atoms. The van der Waals surface area contributed by atoms with Gasteiger partial charge in [0, 0.05) is 18.2 Å². The summed E-state index contributed by atoms with van der Waals surface area (Å²) < 4.78 is 4.75. The minimum absolute atomic E-state index is 0.148. The van der Waals surface area contributed by atoms with Crippen LogP contribution in [0.25, 0.3) is 0 Å². The molecule has 0 atom stereocenters. The maximum atomic E-state index is 10.8. The third kappa shape index (κ3) is 4.16. The predicted molar refractivity (Wildman–Crippen MR) is 69.2 cm³/mol. The van der Waals surface area contributed by atoms with Gasteiger partial charge in [-0.1, -0.05) is 12.6 Å². The van der Waals surface area contributed by atoms with E-state index >= 15 is 0 Å². The zero-order chi connectivity index (χ0) is 15.1. The number of aryl methyl sites for hydroxylation is 1. The molecule has 0 saturated heterocycles. The smallest absolute Gasteiger partial charge is 0.346 e. The Morgan fingerprint density at radius 1 is 1.25 bits per heavy atom. The minimum atomic E-state index is -0.798. The van der Waals surface area contributed by atoms with Crippen molar-refractivity contribution in [2.45, 2.75) is 12.8 Å². The number of esters is 1. The average molecular weight is 280 g/mol. The highest BCUT2D eigenvalue weighted by atomic mass is 16.6. The van der Waals surface area contributed by atoms with Gasteiger partial charge >= 0.3 is 17.3 Å². The first-order valence-corrected chi connectivity index (χ1v) is 5.66. The molecule has 106 valence electrons. The number of nitro benzene ring substituents is 2. The Labute approximate surface area is 114 Å². The maximum Gasteiger partial charge on any atom is 0.346 e. The molecule has 0 heterocycles. The summed E-state index contributed by atoms with van der Waals surface area (Å²) in [5.74, 6) is -0.542. The lowest BCUT2D eigenvalue weighted by Gasteiger charge is -2.03. The Morgan fingerprint density at radius 2 is 1.90 bits per heavy atom. The zero-order valence-electron chi connectivity index (χ0n) is 10.5. The van der Waals surface area contributed by atoms with E-state index in [0.29, 0.717) is 18.4 Å². The first-order chi connectivity index (χ1) is 9.45. The third-order valence-corrected chi connectivity index (χ3v) is 2.45. The number of rotatable bonds is 7. The Balaban J connectivity index is 2.70. The standard InChI is InChI=1S/C12H12N2O6/c1-2-12(15)20-7-3-4-9-5-6-10(13(16)17)11(8-9)14(18)19/h2,5-6,8H,1,3-4,7H2. The Bertz CT molecular complexity index is 555. The number of carbonyl (C=O) groups excluding carboxylic acids is 1. The van der Waals surface area contributed by atoms with Gasteiger partial charge < -0.3 is 4.74 Å². The summed E-state index contributed by atoms with van der Waals surface area (Å²) >= 11 is 0. The van der Waals surface area contributed by atoms with Crippen molar-refractivity contribution in [1.82, 2.24) is 0 Å². The van der Waals surface area contributed by atoms with E-state index in [0.717, 1.165) is 18.2 Å². The van der Waals surface area contributed by atoms with Crippen LogP contribution in [-0.4, -0.2) is 22.4 Å². The van der Waals surface area contributed by atoms with Gasteiger partial charge in [0.25, 0.3) is 0 Å². The van der Waals surface area contributed by atoms with E-state index in [1.54, 1.807) is 0 Å². The summed E-state index contributed by atoms with van der Waals surface area (Å²) in [6.45, 7) is 3.39. The summed E-state index contributed by atoms with van der Waals surface area (Å²) in [4.78, 5) is 30.6. The van der Waals surface area contributed by atoms with Gasteiger partial charge in [-0.15, -0.1) is 0 Å². The number of nitrogens with zero attached hydrogens (tertiary/aromatic N) is 2. The van der Waals surface area contributed by atoms with Crippen LogP contribution in [0.1, 0.15) is 12.0 Å². The van der Waals surface area contributed by atoms with Crippen molar-refractivity contribution in [2.75, 3.05) is 6.61 Å². The first kappa shape index (κ1) is 15.3. The highest BCUT2D eigenvalue weighted by molar-refractivity contribution is 5.81. The van der Waals surface area contributed by atoms with Crippen molar-refractivity contribution in [3.63, 3.8) is 0 Å². The van der Waals surface area contributed by atoms with Crippen molar-refractivity contribution in [2.24, 2.45) is 0 Å². The monoisotopic (exact) mass is 280 g/mol. The largest absolute Gasteiger partial charge is 0.463 e. The normalized spacial score (nSPS) is 9.80. The zero-order valence-corrected chi connectivity index (χ0v) is 10.5. The molecule has 0 aliphatic heterocycles. The topological polar surface area (TPSA) is 113 Å². The summed E-state index contributed by atoms with van der Waals surface area (Å²) in [6.07, 6.45) is 1.90. The molecule has 0 spiro atoms. The molecule has 0 fully saturated rings. The number of hydrogen-bond donors (Lipinski definition) is 0. The molecule has 0 aliphatic rings. The highest BCUT2D eigenvalue weighted by Gasteiger charge is 2.23. The van der Waals surface area contributed by atoms with Crippen LogP contribution in [0.2, 0.25) is 0 Å². The van der Waals surface area contributed by atoms with Crippen LogP contribution in [0.5, 0.6) is 0 Å². The van der Waals surface area contributed by atoms with E-state index in [1.165, 1.54) is 6.07 Å². The fourth-order valence-electron chi connectivity index (χ4n) is 1.53. The van der Waals surface area contributed by atoms with Crippen LogP contribution in [0.4, 0.5) is 11.4 Å². The fourth-order valence-corrected chi connectivity index (χ4v) is 1.53. The number of nitro groups is 2. The average Bonchev–Trinajstić information content (AvgIpc) is 2.42. The summed E-state index contributed by atoms with van der Waals surface area (Å²) in [6, 6.07) is 3.71. The van der Waals surface area contributed by atoms with Gasteiger partial charge in [0.2, 0.25) is 0 Å². The van der Waals surface area contributed by atoms with E-state index in [-0.39, 0.29) is 6.61 Å². The Hall–Kier alpha value is -2.77. The van der Waals surface area contributed by atoms with Gasteiger partial charge in [-0.3, -0.25) is 20.2 Å². The second-order valence-corrected chi connectivity index (χ2v) is 3.81. The van der Waals surface area contributed by atoms with Crippen molar-refractivity contribution < 1.29 is 19.4 Å². The Morgan fingerprint density at radius 3 is 2.45 bits per heavy atom. The van der Waals surface area contributed by atoms with Crippen LogP contribution >= 0.6 is 0 Å². The van der Waals surface area contributed by atoms with Gasteiger partial charge in [0.1, 0.15) is 0 Å². The maximum absolute atomic E-state index is 10.8. The number of benzene rings is 1. The van der Waals surface area contributed by atoms with Crippen LogP contribution in [0.3, 0.4) is 0 Å². The molecule has 0 radical (unpaired) electrons. The molecule has 1 aromatic rings. The lowest BCUT2D eigenvalue weighted by Crippen LogP contribution is -2.03. The van der Waals surface area contributed by atoms with Crippen LogP contribution < -0.4 is 0 Å². The van der Waals surface area contributed by atoms with Gasteiger partial charge in [-0.25, -0.2) is 4.79 Å². The second kappa shape index (κ2) is 6.98. The van der Waals surface area contributed by atoms with Crippen molar-refractivity contribution in [3.8, 4) is 0 Å². The third-order valence-electron chi connectivity index (χ3n) is 2.45. The van der Waals surface area contributed by atoms with Gasteiger partial charge in [-0.05, 0) is 18.4 Å². The predicted octanol–water partition coefficient (Wildman–Crippen LogP) is 2.16. The molecule has 0 bridgehead atoms. The van der Waals surface area contributed by atoms with Crippen molar-refractivity contribution >= 4 is 17.3 Å². The van der Waals surface area contributed by atoms with Gasteiger partial charge in [-0.2, -0.15) is 0 Å². The summed E-state index contributed by atoms with van der Waals surface area (Å²) in [5.41, 5.74) is -0.524. The van der Waals surface area contributed by atoms with Crippen molar-refractivity contribution in [1.29, 1.82) is 0 Å². The molecule has 8 heteroatoms. The molecule has 0 N–H and O–H groups in total.